The molecular formula is C27H23F4N5O5. The molecule has 0 spiro atoms. The predicted molar refractivity (Wildman–Crippen MR) is 137 cm³/mol. The van der Waals surface area contributed by atoms with E-state index in [0.717, 1.165) is 18.2 Å². The highest BCUT2D eigenvalue weighted by Gasteiger charge is 2.57. The number of pyridine rings is 2. The quantitative estimate of drug-likeness (QED) is 0.248. The lowest BCUT2D eigenvalue weighted by Crippen LogP contribution is -2.52. The van der Waals surface area contributed by atoms with Crippen LogP contribution in [0.2, 0.25) is 0 Å². The molecule has 5 rings (SSSR count). The number of aromatic amines is 1. The lowest BCUT2D eigenvalue weighted by atomic mass is 9.81. The van der Waals surface area contributed by atoms with Gasteiger partial charge in [0.25, 0.3) is 5.91 Å². The smallest absolute Gasteiger partial charge is 0.424 e. The minimum absolute atomic E-state index is 0.0313. The van der Waals surface area contributed by atoms with Crippen LogP contribution in [-0.4, -0.2) is 58.3 Å². The minimum Gasteiger partial charge on any atom is -0.495 e. The van der Waals surface area contributed by atoms with Crippen molar-refractivity contribution in [3.05, 3.63) is 71.4 Å². The number of rotatable bonds is 7. The molecule has 41 heavy (non-hydrogen) atoms. The lowest BCUT2D eigenvalue weighted by molar-refractivity contribution is -0.265. The molecule has 4 heterocycles. The summed E-state index contributed by atoms with van der Waals surface area (Å²) in [5, 5.41) is 13.2. The molecule has 0 aliphatic carbocycles. The van der Waals surface area contributed by atoms with Gasteiger partial charge in [0, 0.05) is 17.2 Å². The molecule has 0 saturated heterocycles. The van der Waals surface area contributed by atoms with Crippen LogP contribution in [0.15, 0.2) is 48.7 Å². The van der Waals surface area contributed by atoms with Gasteiger partial charge in [-0.05, 0) is 43.3 Å². The number of benzene rings is 1. The van der Waals surface area contributed by atoms with Crippen LogP contribution in [-0.2, 0) is 15.8 Å². The number of hydrogen-bond donors (Lipinski definition) is 4. The van der Waals surface area contributed by atoms with E-state index in [1.54, 1.807) is 6.07 Å². The molecule has 2 atom stereocenters. The van der Waals surface area contributed by atoms with Gasteiger partial charge in [-0.25, -0.2) is 9.37 Å². The zero-order chi connectivity index (χ0) is 29.7. The van der Waals surface area contributed by atoms with Crippen molar-refractivity contribution >= 4 is 22.8 Å². The highest BCUT2D eigenvalue weighted by atomic mass is 19.4. The Kier molecular flexibility index (Phi) is 6.60. The monoisotopic (exact) mass is 573 g/mol. The second-order valence-electron chi connectivity index (χ2n) is 9.76. The van der Waals surface area contributed by atoms with Gasteiger partial charge < -0.3 is 30.6 Å². The van der Waals surface area contributed by atoms with E-state index < -0.39 is 47.1 Å². The number of carbonyl (C=O) groups is 2. The van der Waals surface area contributed by atoms with Gasteiger partial charge in [0.15, 0.2) is 0 Å². The molecular weight excluding hydrogens is 550 g/mol. The Balaban J connectivity index is 1.57. The molecule has 214 valence electrons. The predicted octanol–water partition coefficient (Wildman–Crippen LogP) is 3.09. The number of hydrogen-bond acceptors (Lipinski definition) is 7. The molecule has 0 saturated carbocycles. The summed E-state index contributed by atoms with van der Waals surface area (Å²) in [7, 11) is 1.42. The molecule has 1 aromatic carbocycles. The molecule has 3 aromatic heterocycles. The number of methoxy groups -OCH3 is 1. The van der Waals surface area contributed by atoms with Gasteiger partial charge in [0.2, 0.25) is 11.5 Å². The van der Waals surface area contributed by atoms with Crippen LogP contribution >= 0.6 is 0 Å². The summed E-state index contributed by atoms with van der Waals surface area (Å²) in [6, 6.07) is 8.43. The second kappa shape index (κ2) is 9.73. The van der Waals surface area contributed by atoms with Crippen LogP contribution in [0.4, 0.5) is 17.6 Å². The van der Waals surface area contributed by atoms with Gasteiger partial charge in [-0.2, -0.15) is 13.2 Å². The first kappa shape index (κ1) is 27.8. The highest BCUT2D eigenvalue weighted by molar-refractivity contribution is 5.97. The van der Waals surface area contributed by atoms with Crippen molar-refractivity contribution < 1.29 is 41.7 Å². The molecule has 0 radical (unpaired) electrons. The average Bonchev–Trinajstić information content (AvgIpc) is 3.52. The van der Waals surface area contributed by atoms with Gasteiger partial charge in [-0.3, -0.25) is 14.6 Å². The van der Waals surface area contributed by atoms with Crippen molar-refractivity contribution in [1.29, 1.82) is 0 Å². The van der Waals surface area contributed by atoms with Crippen molar-refractivity contribution in [2.75, 3.05) is 20.3 Å². The zero-order valence-corrected chi connectivity index (χ0v) is 21.6. The number of H-pyrrole nitrogens is 1. The number of primary amides is 1. The number of alkyl halides is 3. The van der Waals surface area contributed by atoms with Crippen LogP contribution in [0.5, 0.6) is 11.5 Å². The molecule has 1 unspecified atom stereocenters. The van der Waals surface area contributed by atoms with Crippen LogP contribution in [0.3, 0.4) is 0 Å². The third-order valence-corrected chi connectivity index (χ3v) is 7.06. The molecule has 4 aromatic rings. The number of halogens is 4. The number of amides is 2. The second-order valence-corrected chi connectivity index (χ2v) is 9.76. The highest BCUT2D eigenvalue weighted by Crippen LogP contribution is 2.47. The van der Waals surface area contributed by atoms with Crippen LogP contribution in [0.1, 0.15) is 28.7 Å². The van der Waals surface area contributed by atoms with E-state index >= 15 is 0 Å². The maximum atomic E-state index is 14.5. The summed E-state index contributed by atoms with van der Waals surface area (Å²) < 4.78 is 67.9. The van der Waals surface area contributed by atoms with Crippen LogP contribution < -0.4 is 20.5 Å². The molecule has 0 bridgehead atoms. The Hall–Kier alpha value is -4.72. The fraction of sp³-hybridized carbons (Fsp3) is 0.259. The summed E-state index contributed by atoms with van der Waals surface area (Å²) >= 11 is 0. The average molecular weight is 574 g/mol. The topological polar surface area (TPSA) is 152 Å². The number of carbonyl (C=O) groups excluding carboxylic acids is 2. The molecule has 14 heteroatoms. The van der Waals surface area contributed by atoms with Crippen LogP contribution in [0.25, 0.3) is 22.3 Å². The standard InChI is InChI=1S/C27H23F4N5O5/c1-25(24(32)38)12-41-22-16(25)8-20(36-21(22)13-3-5-14(28)6-4-13)26(39,27(29,30)31)11-34-23(37)19-9-17-18(35-19)7-15(40-2)10-33-17/h3-10,35,39H,11-12H2,1-2H3,(H2,32,38)(H,34,37)/t25-,26?/m0/s1. The SMILES string of the molecule is COc1cnc2cc(C(=O)NCC(O)(c3cc4c(c(-c5ccc(F)cc5)n3)OC[C@]4(C)C(N)=O)C(F)(F)F)[nH]c2c1. The lowest BCUT2D eigenvalue weighted by Gasteiger charge is -2.31. The van der Waals surface area contributed by atoms with Crippen LogP contribution in [0, 0.1) is 5.82 Å². The van der Waals surface area contributed by atoms with Crippen molar-refractivity contribution in [3.8, 4) is 22.8 Å². The molecule has 10 nitrogen and oxygen atoms in total. The normalized spacial score (nSPS) is 17.9. The van der Waals surface area contributed by atoms with Gasteiger partial charge in [0.05, 0.1) is 36.6 Å². The summed E-state index contributed by atoms with van der Waals surface area (Å²) in [6.07, 6.45) is -3.94. The molecule has 1 aliphatic rings. The molecule has 1 aliphatic heterocycles. The summed E-state index contributed by atoms with van der Waals surface area (Å²) in [6.45, 7) is -0.256. The van der Waals surface area contributed by atoms with Gasteiger partial charge >= 0.3 is 6.18 Å². The Bertz CT molecular complexity index is 1670. The third kappa shape index (κ3) is 4.69. The first-order chi connectivity index (χ1) is 19.3. The van der Waals surface area contributed by atoms with E-state index in [1.165, 1.54) is 38.4 Å². The maximum absolute atomic E-state index is 14.5. The largest absolute Gasteiger partial charge is 0.495 e. The van der Waals surface area contributed by atoms with E-state index in [0.29, 0.717) is 16.8 Å². The fourth-order valence-corrected chi connectivity index (χ4v) is 4.47. The Labute approximate surface area is 229 Å². The Morgan fingerprint density at radius 2 is 1.93 bits per heavy atom. The van der Waals surface area contributed by atoms with Crippen molar-refractivity contribution in [2.45, 2.75) is 24.1 Å². The number of nitrogens with zero attached hydrogens (tertiary/aromatic N) is 2. The van der Waals surface area contributed by atoms with Crippen molar-refractivity contribution in [1.82, 2.24) is 20.3 Å². The first-order valence-corrected chi connectivity index (χ1v) is 12.1. The van der Waals surface area contributed by atoms with E-state index in [-0.39, 0.29) is 34.9 Å². The van der Waals surface area contributed by atoms with Gasteiger partial charge in [-0.15, -0.1) is 0 Å². The van der Waals surface area contributed by atoms with E-state index in [2.05, 4.69) is 20.3 Å². The van der Waals surface area contributed by atoms with Gasteiger partial charge in [0.1, 0.15) is 40.7 Å². The maximum Gasteiger partial charge on any atom is 0.424 e. The Morgan fingerprint density at radius 1 is 1.22 bits per heavy atom. The molecule has 0 fully saturated rings. The fourth-order valence-electron chi connectivity index (χ4n) is 4.47. The zero-order valence-electron chi connectivity index (χ0n) is 21.6. The number of ether oxygens (including phenoxy) is 2. The number of fused-ring (bicyclic) bond motifs is 2. The van der Waals surface area contributed by atoms with Crippen molar-refractivity contribution in [2.24, 2.45) is 5.73 Å². The Morgan fingerprint density at radius 3 is 2.56 bits per heavy atom. The number of nitrogens with two attached hydrogens (primary N) is 1. The number of aliphatic hydroxyl groups is 1. The number of aromatic nitrogens is 3. The first-order valence-electron chi connectivity index (χ1n) is 12.1. The minimum atomic E-state index is -5.35. The van der Waals surface area contributed by atoms with E-state index in [9.17, 15) is 32.3 Å². The number of nitrogens with one attached hydrogen (secondary N) is 2. The van der Waals surface area contributed by atoms with E-state index in [4.69, 9.17) is 15.2 Å². The summed E-state index contributed by atoms with van der Waals surface area (Å²) in [5.41, 5.74) is -0.0573. The molecule has 5 N–H and O–H groups in total. The summed E-state index contributed by atoms with van der Waals surface area (Å²) in [5.74, 6) is -2.09. The van der Waals surface area contributed by atoms with Crippen molar-refractivity contribution in [3.63, 3.8) is 0 Å². The summed E-state index contributed by atoms with van der Waals surface area (Å²) in [4.78, 5) is 36.1. The third-order valence-electron chi connectivity index (χ3n) is 7.06. The van der Waals surface area contributed by atoms with E-state index in [1.807, 2.05) is 0 Å². The van der Waals surface area contributed by atoms with Gasteiger partial charge in [-0.1, -0.05) is 0 Å². The molecule has 2 amide bonds.